The first-order valence-corrected chi connectivity index (χ1v) is 15.6. The molecule has 1 aliphatic heterocycles. The van der Waals surface area contributed by atoms with Crippen molar-refractivity contribution in [1.29, 1.82) is 0 Å². The Bertz CT molecular complexity index is 1650. The van der Waals surface area contributed by atoms with Crippen molar-refractivity contribution >= 4 is 50.5 Å². The van der Waals surface area contributed by atoms with Crippen molar-refractivity contribution in [3.63, 3.8) is 0 Å². The Morgan fingerprint density at radius 2 is 1.76 bits per heavy atom. The number of nitrogens with one attached hydrogen (secondary N) is 1. The number of rotatable bonds is 7. The van der Waals surface area contributed by atoms with Crippen LogP contribution in [0.3, 0.4) is 0 Å². The lowest BCUT2D eigenvalue weighted by molar-refractivity contribution is -0.147. The molecule has 1 amide bonds. The van der Waals surface area contributed by atoms with Gasteiger partial charge in [-0.15, -0.1) is 21.5 Å². The molecule has 3 aromatic rings. The molecule has 2 aromatic heterocycles. The summed E-state index contributed by atoms with van der Waals surface area (Å²) in [5.41, 5.74) is -0.429. The van der Waals surface area contributed by atoms with Gasteiger partial charge in [0.25, 0.3) is 17.7 Å². The Morgan fingerprint density at radius 3 is 2.36 bits per heavy atom. The first-order chi connectivity index (χ1) is 19.4. The molecule has 228 valence electrons. The highest BCUT2D eigenvalue weighted by Crippen LogP contribution is 2.48. The zero-order valence-electron chi connectivity index (χ0n) is 21.9. The average Bonchev–Trinajstić information content (AvgIpc) is 3.28. The number of halogens is 7. The maximum atomic E-state index is 13.8. The number of likely N-dealkylation sites (tertiary alicyclic amines) is 1. The molecule has 9 nitrogen and oxygen atoms in total. The molecule has 1 saturated heterocycles. The van der Waals surface area contributed by atoms with E-state index in [2.05, 4.69) is 15.2 Å². The second kappa shape index (κ2) is 10.6. The van der Waals surface area contributed by atoms with Crippen molar-refractivity contribution in [2.24, 2.45) is 0 Å². The van der Waals surface area contributed by atoms with Crippen LogP contribution in [0.5, 0.6) is 0 Å². The third-order valence-electron chi connectivity index (χ3n) is 7.14. The van der Waals surface area contributed by atoms with E-state index in [0.29, 0.717) is 12.8 Å². The van der Waals surface area contributed by atoms with Crippen molar-refractivity contribution in [2.75, 3.05) is 13.1 Å². The highest BCUT2D eigenvalue weighted by Gasteiger charge is 2.45. The van der Waals surface area contributed by atoms with Crippen molar-refractivity contribution in [3.8, 4) is 21.3 Å². The van der Waals surface area contributed by atoms with E-state index in [-0.39, 0.29) is 50.6 Å². The predicted octanol–water partition coefficient (Wildman–Crippen LogP) is 6.32. The number of alkyl halides is 5. The van der Waals surface area contributed by atoms with Gasteiger partial charge in [0.15, 0.2) is 5.01 Å². The van der Waals surface area contributed by atoms with E-state index in [4.69, 9.17) is 27.6 Å². The number of aromatic nitrogens is 3. The SMILES string of the molecule is C[C@H](NS(=O)(=O)c1ccc(-c2sc(-c3nnc(C4(C)CC4)o3)nc2C(=O)N2CCC(F)(F)CC2)c(Cl)c1Cl)C(F)(F)F. The molecule has 1 aliphatic carbocycles. The van der Waals surface area contributed by atoms with Crippen LogP contribution >= 0.6 is 34.5 Å². The van der Waals surface area contributed by atoms with Gasteiger partial charge in [-0.2, -0.15) is 17.9 Å². The Balaban J connectivity index is 1.56. The van der Waals surface area contributed by atoms with Gasteiger partial charge in [-0.1, -0.05) is 36.2 Å². The standard InChI is InChI=1S/C24H22Cl2F5N5O4S2/c1-11(24(29,30)31)35-42(38,39)13-4-3-12(14(25)15(13)26)17-16(20(37)36-9-7-23(27,28)8-10-36)32-19(41-17)18-33-34-21(40-18)22(2)5-6-22/h3-4,11,35H,5-10H2,1-2H3/t11-/m0/s1. The van der Waals surface area contributed by atoms with Gasteiger partial charge in [-0.25, -0.2) is 22.2 Å². The topological polar surface area (TPSA) is 118 Å². The van der Waals surface area contributed by atoms with Crippen LogP contribution in [0.4, 0.5) is 22.0 Å². The number of nitrogens with zero attached hydrogens (tertiary/aromatic N) is 4. The minimum absolute atomic E-state index is 0.000332. The smallest absolute Gasteiger partial charge is 0.404 e. The van der Waals surface area contributed by atoms with E-state index in [9.17, 15) is 35.2 Å². The van der Waals surface area contributed by atoms with Crippen LogP contribution in [-0.4, -0.2) is 65.6 Å². The van der Waals surface area contributed by atoms with Crippen molar-refractivity contribution in [3.05, 3.63) is 33.8 Å². The van der Waals surface area contributed by atoms with Gasteiger partial charge in [0, 0.05) is 36.9 Å². The zero-order chi connectivity index (χ0) is 30.8. The van der Waals surface area contributed by atoms with Crippen molar-refractivity contribution in [1.82, 2.24) is 24.8 Å². The van der Waals surface area contributed by atoms with Crippen LogP contribution in [0.25, 0.3) is 21.3 Å². The van der Waals surface area contributed by atoms with Gasteiger partial charge < -0.3 is 9.32 Å². The first kappa shape index (κ1) is 31.0. The zero-order valence-corrected chi connectivity index (χ0v) is 25.0. The first-order valence-electron chi connectivity index (χ1n) is 12.5. The summed E-state index contributed by atoms with van der Waals surface area (Å²) >= 11 is 13.6. The molecule has 3 heterocycles. The lowest BCUT2D eigenvalue weighted by atomic mass is 10.1. The number of piperidine rings is 1. The Morgan fingerprint density at radius 1 is 1.12 bits per heavy atom. The molecular formula is C24H22Cl2F5N5O4S2. The summed E-state index contributed by atoms with van der Waals surface area (Å²) in [6.45, 7) is 2.09. The summed E-state index contributed by atoms with van der Waals surface area (Å²) in [6.07, 6.45) is -4.25. The van der Waals surface area contributed by atoms with Gasteiger partial charge in [0.1, 0.15) is 16.6 Å². The Hall–Kier alpha value is -2.40. The van der Waals surface area contributed by atoms with Crippen LogP contribution in [0.15, 0.2) is 21.4 Å². The second-order valence-corrected chi connectivity index (χ2v) is 13.9. The third kappa shape index (κ3) is 6.00. The molecule has 1 saturated carbocycles. The molecule has 2 fully saturated rings. The highest BCUT2D eigenvalue weighted by molar-refractivity contribution is 7.89. The number of benzene rings is 1. The van der Waals surface area contributed by atoms with Crippen LogP contribution in [0.1, 0.15) is 55.9 Å². The molecular weight excluding hydrogens is 652 g/mol. The fourth-order valence-corrected chi connectivity index (χ4v) is 7.32. The largest absolute Gasteiger partial charge is 0.418 e. The van der Waals surface area contributed by atoms with Crippen molar-refractivity contribution < 1.29 is 39.6 Å². The summed E-state index contributed by atoms with van der Waals surface area (Å²) in [5.74, 6) is -3.22. The van der Waals surface area contributed by atoms with Crippen LogP contribution in [-0.2, 0) is 15.4 Å². The predicted molar refractivity (Wildman–Crippen MR) is 143 cm³/mol. The molecule has 1 atom stereocenters. The molecule has 1 aromatic carbocycles. The molecule has 1 N–H and O–H groups in total. The lowest BCUT2D eigenvalue weighted by Crippen LogP contribution is -2.43. The van der Waals surface area contributed by atoms with Crippen LogP contribution in [0, 0.1) is 0 Å². The number of hydrogen-bond donors (Lipinski definition) is 1. The monoisotopic (exact) mass is 673 g/mol. The summed E-state index contributed by atoms with van der Waals surface area (Å²) < 4.78 is 99.3. The Kier molecular flexibility index (Phi) is 7.87. The minimum Gasteiger partial charge on any atom is -0.418 e. The minimum atomic E-state index is -4.86. The molecule has 0 unspecified atom stereocenters. The fourth-order valence-electron chi connectivity index (χ4n) is 4.16. The summed E-state index contributed by atoms with van der Waals surface area (Å²) in [7, 11) is -4.77. The maximum Gasteiger partial charge on any atom is 0.404 e. The van der Waals surface area contributed by atoms with Crippen LogP contribution < -0.4 is 4.72 Å². The van der Waals surface area contributed by atoms with Gasteiger partial charge in [-0.3, -0.25) is 4.79 Å². The molecule has 18 heteroatoms. The number of amides is 1. The molecule has 0 radical (unpaired) electrons. The highest BCUT2D eigenvalue weighted by atomic mass is 35.5. The van der Waals surface area contributed by atoms with E-state index in [1.807, 2.05) is 6.92 Å². The number of thiazole rings is 1. The number of carbonyl (C=O) groups excluding carboxylic acids is 1. The summed E-state index contributed by atoms with van der Waals surface area (Å²) in [6, 6.07) is -0.299. The van der Waals surface area contributed by atoms with Gasteiger partial charge >= 0.3 is 6.18 Å². The van der Waals surface area contributed by atoms with E-state index in [1.165, 1.54) is 15.7 Å². The van der Waals surface area contributed by atoms with Gasteiger partial charge in [-0.05, 0) is 25.8 Å². The van der Waals surface area contributed by atoms with E-state index in [0.717, 1.165) is 30.2 Å². The molecule has 42 heavy (non-hydrogen) atoms. The van der Waals surface area contributed by atoms with Crippen LogP contribution in [0.2, 0.25) is 10.0 Å². The number of sulfonamides is 1. The Labute approximate surface area is 250 Å². The quantitative estimate of drug-likeness (QED) is 0.292. The number of hydrogen-bond acceptors (Lipinski definition) is 8. The second-order valence-electron chi connectivity index (χ2n) is 10.4. The average molecular weight is 675 g/mol. The molecule has 5 rings (SSSR count). The maximum absolute atomic E-state index is 13.8. The fraction of sp³-hybridized carbons (Fsp3) is 0.500. The van der Waals surface area contributed by atoms with Gasteiger partial charge in [0.05, 0.1) is 14.9 Å². The molecule has 0 spiro atoms. The normalized spacial score (nSPS) is 19.1. The lowest BCUT2D eigenvalue weighted by Gasteiger charge is -2.31. The summed E-state index contributed by atoms with van der Waals surface area (Å²) in [4.78, 5) is 18.5. The summed E-state index contributed by atoms with van der Waals surface area (Å²) in [5, 5.41) is 7.24. The van der Waals surface area contributed by atoms with E-state index in [1.54, 1.807) is 0 Å². The van der Waals surface area contributed by atoms with Crippen molar-refractivity contribution in [2.45, 2.75) is 68.0 Å². The third-order valence-corrected chi connectivity index (χ3v) is 10.8. The van der Waals surface area contributed by atoms with E-state index < -0.39 is 56.8 Å². The number of carbonyl (C=O) groups is 1. The van der Waals surface area contributed by atoms with Gasteiger partial charge in [0.2, 0.25) is 15.9 Å². The van der Waals surface area contributed by atoms with E-state index >= 15 is 0 Å². The molecule has 0 bridgehead atoms. The molecule has 2 aliphatic rings.